The van der Waals surface area contributed by atoms with Gasteiger partial charge in [0.15, 0.2) is 0 Å². The van der Waals surface area contributed by atoms with Gasteiger partial charge in [-0.2, -0.15) is 0 Å². The number of hydrogen-bond donors (Lipinski definition) is 1. The maximum Gasteiger partial charge on any atom is 0.274 e. The van der Waals surface area contributed by atoms with Crippen molar-refractivity contribution in [1.82, 2.24) is 4.98 Å². The maximum absolute atomic E-state index is 12.3. The normalized spacial score (nSPS) is 10.5. The first-order valence-electron chi connectivity index (χ1n) is 7.22. The lowest BCUT2D eigenvalue weighted by Gasteiger charge is -2.07. The van der Waals surface area contributed by atoms with Crippen molar-refractivity contribution in [3.8, 4) is 5.75 Å². The summed E-state index contributed by atoms with van der Waals surface area (Å²) in [5.41, 5.74) is 1.74. The van der Waals surface area contributed by atoms with Crippen LogP contribution in [0.15, 0.2) is 60.7 Å². The average Bonchev–Trinajstić information content (AvgIpc) is 2.60. The SMILES string of the molecule is O=C(Nc1ccc(OCC[18F])cc1)c1ccc2ccccc2n1. The van der Waals surface area contributed by atoms with Gasteiger partial charge in [-0.25, -0.2) is 9.37 Å². The third kappa shape index (κ3) is 3.63. The van der Waals surface area contributed by atoms with Crippen molar-refractivity contribution in [2.75, 3.05) is 18.6 Å². The summed E-state index contributed by atoms with van der Waals surface area (Å²) in [6.45, 7) is -0.515. The van der Waals surface area contributed by atoms with Crippen LogP contribution in [0.2, 0.25) is 0 Å². The van der Waals surface area contributed by atoms with E-state index in [4.69, 9.17) is 4.74 Å². The van der Waals surface area contributed by atoms with Crippen LogP contribution in [-0.2, 0) is 0 Å². The first-order valence-corrected chi connectivity index (χ1v) is 7.22. The minimum absolute atomic E-state index is 0.0206. The van der Waals surface area contributed by atoms with Crippen molar-refractivity contribution in [3.63, 3.8) is 0 Å². The van der Waals surface area contributed by atoms with Gasteiger partial charge in [-0.15, -0.1) is 0 Å². The zero-order chi connectivity index (χ0) is 16.1. The molecule has 116 valence electrons. The molecule has 0 unspecified atom stereocenters. The highest BCUT2D eigenvalue weighted by Crippen LogP contribution is 2.17. The lowest BCUT2D eigenvalue weighted by molar-refractivity contribution is 0.102. The number of rotatable bonds is 5. The molecule has 0 atom stereocenters. The summed E-state index contributed by atoms with van der Waals surface area (Å²) in [6, 6.07) is 17.9. The van der Waals surface area contributed by atoms with Crippen molar-refractivity contribution in [2.24, 2.45) is 0 Å². The predicted octanol–water partition coefficient (Wildman–Crippen LogP) is 3.84. The van der Waals surface area contributed by atoms with Crippen molar-refractivity contribution in [2.45, 2.75) is 0 Å². The Morgan fingerprint density at radius 2 is 1.83 bits per heavy atom. The van der Waals surface area contributed by atoms with Crippen molar-refractivity contribution < 1.29 is 13.9 Å². The van der Waals surface area contributed by atoms with Crippen LogP contribution < -0.4 is 10.1 Å². The summed E-state index contributed by atoms with van der Waals surface area (Å²) in [7, 11) is 0. The Balaban J connectivity index is 1.72. The number of pyridine rings is 1. The minimum atomic E-state index is -0.536. The van der Waals surface area contributed by atoms with E-state index in [9.17, 15) is 9.18 Å². The molecule has 0 saturated heterocycles. The first kappa shape index (κ1) is 15.0. The molecule has 23 heavy (non-hydrogen) atoms. The molecule has 0 aliphatic carbocycles. The van der Waals surface area contributed by atoms with Gasteiger partial charge < -0.3 is 10.1 Å². The molecule has 1 aromatic heterocycles. The maximum atomic E-state index is 12.3. The molecule has 3 aromatic rings. The number of aromatic nitrogens is 1. The van der Waals surface area contributed by atoms with E-state index < -0.39 is 6.67 Å². The summed E-state index contributed by atoms with van der Waals surface area (Å²) in [5.74, 6) is 0.276. The van der Waals surface area contributed by atoms with Gasteiger partial charge in [0.25, 0.3) is 5.91 Å². The Bertz CT molecular complexity index is 819. The van der Waals surface area contributed by atoms with E-state index in [-0.39, 0.29) is 12.5 Å². The number of anilines is 1. The summed E-state index contributed by atoms with van der Waals surface area (Å²) in [5, 5.41) is 3.76. The number of nitrogens with one attached hydrogen (secondary N) is 1. The van der Waals surface area contributed by atoms with Gasteiger partial charge in [0, 0.05) is 11.1 Å². The second-order valence-electron chi connectivity index (χ2n) is 4.91. The van der Waals surface area contributed by atoms with E-state index in [1.54, 1.807) is 30.3 Å². The van der Waals surface area contributed by atoms with Crippen LogP contribution in [0.5, 0.6) is 5.75 Å². The van der Waals surface area contributed by atoms with E-state index in [1.807, 2.05) is 30.3 Å². The highest BCUT2D eigenvalue weighted by atomic mass is 18.2. The number of carbonyl (C=O) groups excluding carboxylic acids is 1. The Kier molecular flexibility index (Phi) is 4.47. The molecular weight excluding hydrogens is 294 g/mol. The number of halogens is 1. The average molecular weight is 309 g/mol. The number of carbonyl (C=O) groups is 1. The predicted molar refractivity (Wildman–Crippen MR) is 87.6 cm³/mol. The minimum Gasteiger partial charge on any atom is -0.491 e. The van der Waals surface area contributed by atoms with E-state index in [1.165, 1.54) is 0 Å². The quantitative estimate of drug-likeness (QED) is 0.779. The topological polar surface area (TPSA) is 51.2 Å². The van der Waals surface area contributed by atoms with Crippen LogP contribution in [0.3, 0.4) is 0 Å². The molecule has 0 spiro atoms. The third-order valence-electron chi connectivity index (χ3n) is 3.29. The second-order valence-corrected chi connectivity index (χ2v) is 4.91. The number of ether oxygens (including phenoxy) is 1. The molecule has 0 fully saturated rings. The summed E-state index contributed by atoms with van der Waals surface area (Å²) in [4.78, 5) is 16.6. The number of para-hydroxylation sites is 1. The standard InChI is InChI=1S/C18H15FN2O2/c19-11-12-23-15-8-6-14(7-9-15)20-18(22)17-10-5-13-3-1-2-4-16(13)21-17/h1-10H,11-12H2,(H,20,22)/i19-1. The number of fused-ring (bicyclic) bond motifs is 1. The molecule has 2 aromatic carbocycles. The Hall–Kier alpha value is -2.95. The fourth-order valence-corrected chi connectivity index (χ4v) is 2.18. The highest BCUT2D eigenvalue weighted by Gasteiger charge is 2.08. The van der Waals surface area contributed by atoms with E-state index in [0.29, 0.717) is 17.1 Å². The summed E-state index contributed by atoms with van der Waals surface area (Å²) < 4.78 is 17.2. The monoisotopic (exact) mass is 309 g/mol. The molecule has 0 bridgehead atoms. The summed E-state index contributed by atoms with van der Waals surface area (Å²) >= 11 is 0. The van der Waals surface area contributed by atoms with Crippen molar-refractivity contribution in [1.29, 1.82) is 0 Å². The van der Waals surface area contributed by atoms with Crippen LogP contribution in [-0.4, -0.2) is 24.2 Å². The highest BCUT2D eigenvalue weighted by molar-refractivity contribution is 6.04. The Morgan fingerprint density at radius 3 is 2.61 bits per heavy atom. The summed E-state index contributed by atoms with van der Waals surface area (Å²) in [6.07, 6.45) is 0. The number of nitrogens with zero attached hydrogens (tertiary/aromatic N) is 1. The molecule has 1 N–H and O–H groups in total. The van der Waals surface area contributed by atoms with Crippen molar-refractivity contribution in [3.05, 3.63) is 66.4 Å². The number of alkyl halides is 1. The largest absolute Gasteiger partial charge is 0.491 e. The molecule has 3 rings (SSSR count). The van der Waals surface area contributed by atoms with Gasteiger partial charge >= 0.3 is 0 Å². The molecule has 0 aliphatic heterocycles. The van der Waals surface area contributed by atoms with Gasteiger partial charge in [0.2, 0.25) is 0 Å². The van der Waals surface area contributed by atoms with Crippen LogP contribution in [0.4, 0.5) is 10.1 Å². The molecule has 1 amide bonds. The fraction of sp³-hybridized carbons (Fsp3) is 0.111. The van der Waals surface area contributed by atoms with Gasteiger partial charge in [0.05, 0.1) is 5.52 Å². The molecule has 0 aliphatic rings. The smallest absolute Gasteiger partial charge is 0.274 e. The molecular formula is C18H15FN2O2. The van der Waals surface area contributed by atoms with E-state index in [0.717, 1.165) is 10.9 Å². The second kappa shape index (κ2) is 6.87. The number of amides is 1. The molecule has 5 heteroatoms. The first-order chi connectivity index (χ1) is 11.3. The Labute approximate surface area is 132 Å². The molecule has 0 radical (unpaired) electrons. The molecule has 0 saturated carbocycles. The van der Waals surface area contributed by atoms with Gasteiger partial charge in [-0.05, 0) is 36.4 Å². The van der Waals surface area contributed by atoms with Crippen LogP contribution in [0, 0.1) is 0 Å². The number of hydrogen-bond acceptors (Lipinski definition) is 3. The lowest BCUT2D eigenvalue weighted by Crippen LogP contribution is -2.13. The van der Waals surface area contributed by atoms with Crippen molar-refractivity contribution >= 4 is 22.5 Å². The lowest BCUT2D eigenvalue weighted by atomic mass is 10.2. The van der Waals surface area contributed by atoms with Gasteiger partial charge in [-0.1, -0.05) is 24.3 Å². The van der Waals surface area contributed by atoms with E-state index >= 15 is 0 Å². The van der Waals surface area contributed by atoms with Gasteiger partial charge in [0.1, 0.15) is 24.7 Å². The third-order valence-corrected chi connectivity index (χ3v) is 3.29. The van der Waals surface area contributed by atoms with Gasteiger partial charge in [-0.3, -0.25) is 4.79 Å². The van der Waals surface area contributed by atoms with Crippen LogP contribution in [0.1, 0.15) is 10.5 Å². The molecule has 1 heterocycles. The Morgan fingerprint density at radius 1 is 1.04 bits per heavy atom. The van der Waals surface area contributed by atoms with E-state index in [2.05, 4.69) is 10.3 Å². The number of benzene rings is 2. The zero-order valence-electron chi connectivity index (χ0n) is 12.3. The van der Waals surface area contributed by atoms with Crippen LogP contribution >= 0.6 is 0 Å². The zero-order valence-corrected chi connectivity index (χ0v) is 12.3. The van der Waals surface area contributed by atoms with Crippen LogP contribution in [0.25, 0.3) is 10.9 Å². The molecule has 4 nitrogen and oxygen atoms in total. The fourth-order valence-electron chi connectivity index (χ4n) is 2.18.